The topological polar surface area (TPSA) is 40.5 Å². The van der Waals surface area contributed by atoms with Crippen molar-refractivity contribution in [3.63, 3.8) is 0 Å². The third kappa shape index (κ3) is 3.98. The van der Waals surface area contributed by atoms with Crippen molar-refractivity contribution in [3.8, 4) is 0 Å². The van der Waals surface area contributed by atoms with E-state index < -0.39 is 5.97 Å². The Labute approximate surface area is 119 Å². The summed E-state index contributed by atoms with van der Waals surface area (Å²) in [6, 6.07) is 7.23. The molecule has 1 aromatic rings. The van der Waals surface area contributed by atoms with Gasteiger partial charge in [0.2, 0.25) is 0 Å². The van der Waals surface area contributed by atoms with Crippen molar-refractivity contribution in [2.24, 2.45) is 5.92 Å². The molecule has 4 heteroatoms. The Hall–Kier alpha value is -1.00. The Bertz CT molecular complexity index is 430. The van der Waals surface area contributed by atoms with Crippen LogP contribution in [0.1, 0.15) is 29.8 Å². The standard InChI is InChI=1S/C15H21NO2S/c1-11(2)14-10-16(7-8-19-14)9-12-3-5-13(6-4-12)15(17)18/h3-6,11,14H,7-10H2,1-2H3,(H,17,18). The second-order valence-corrected chi connectivity index (χ2v) is 6.74. The summed E-state index contributed by atoms with van der Waals surface area (Å²) < 4.78 is 0. The highest BCUT2D eigenvalue weighted by Crippen LogP contribution is 2.25. The minimum atomic E-state index is -0.860. The molecule has 1 saturated heterocycles. The molecule has 0 spiro atoms. The lowest BCUT2D eigenvalue weighted by molar-refractivity contribution is 0.0697. The first-order chi connectivity index (χ1) is 9.06. The first kappa shape index (κ1) is 14.4. The lowest BCUT2D eigenvalue weighted by Gasteiger charge is -2.34. The summed E-state index contributed by atoms with van der Waals surface area (Å²) in [5.74, 6) is 1.04. The summed E-state index contributed by atoms with van der Waals surface area (Å²) in [5, 5.41) is 9.59. The van der Waals surface area contributed by atoms with Crippen molar-refractivity contribution in [2.75, 3.05) is 18.8 Å². The van der Waals surface area contributed by atoms with Crippen LogP contribution in [0.4, 0.5) is 0 Å². The highest BCUT2D eigenvalue weighted by Gasteiger charge is 2.22. The molecule has 19 heavy (non-hydrogen) atoms. The Kier molecular flexibility index (Phi) is 4.88. The van der Waals surface area contributed by atoms with Crippen LogP contribution in [-0.4, -0.2) is 40.1 Å². The fraction of sp³-hybridized carbons (Fsp3) is 0.533. The largest absolute Gasteiger partial charge is 0.478 e. The molecule has 104 valence electrons. The summed E-state index contributed by atoms with van der Waals surface area (Å²) in [7, 11) is 0. The average Bonchev–Trinajstić information content (AvgIpc) is 2.39. The molecular weight excluding hydrogens is 258 g/mol. The van der Waals surface area contributed by atoms with E-state index in [-0.39, 0.29) is 0 Å². The van der Waals surface area contributed by atoms with Crippen molar-refractivity contribution >= 4 is 17.7 Å². The van der Waals surface area contributed by atoms with Crippen molar-refractivity contribution in [1.29, 1.82) is 0 Å². The Morgan fingerprint density at radius 2 is 2.11 bits per heavy atom. The zero-order valence-corrected chi connectivity index (χ0v) is 12.3. The van der Waals surface area contributed by atoms with E-state index >= 15 is 0 Å². The van der Waals surface area contributed by atoms with Crippen LogP contribution in [0.25, 0.3) is 0 Å². The lowest BCUT2D eigenvalue weighted by atomic mass is 10.1. The minimum absolute atomic E-state index is 0.359. The average molecular weight is 279 g/mol. The number of hydrogen-bond donors (Lipinski definition) is 1. The van der Waals surface area contributed by atoms with Crippen LogP contribution in [0.15, 0.2) is 24.3 Å². The molecule has 1 aliphatic rings. The highest BCUT2D eigenvalue weighted by molar-refractivity contribution is 8.00. The molecule has 1 aromatic carbocycles. The van der Waals surface area contributed by atoms with E-state index in [1.54, 1.807) is 12.1 Å². The van der Waals surface area contributed by atoms with Crippen molar-refractivity contribution < 1.29 is 9.90 Å². The third-order valence-electron chi connectivity index (χ3n) is 3.53. The minimum Gasteiger partial charge on any atom is -0.478 e. The van der Waals surface area contributed by atoms with E-state index in [2.05, 4.69) is 30.5 Å². The van der Waals surface area contributed by atoms with Crippen molar-refractivity contribution in [3.05, 3.63) is 35.4 Å². The van der Waals surface area contributed by atoms with Gasteiger partial charge in [0.1, 0.15) is 0 Å². The first-order valence-corrected chi connectivity index (χ1v) is 7.77. The predicted molar refractivity (Wildman–Crippen MR) is 79.8 cm³/mol. The van der Waals surface area contributed by atoms with Crippen LogP contribution in [0, 0.1) is 5.92 Å². The van der Waals surface area contributed by atoms with Crippen molar-refractivity contribution in [1.82, 2.24) is 4.90 Å². The van der Waals surface area contributed by atoms with Gasteiger partial charge in [-0.25, -0.2) is 4.79 Å². The molecule has 0 aromatic heterocycles. The van der Waals surface area contributed by atoms with Gasteiger partial charge in [0.05, 0.1) is 5.56 Å². The van der Waals surface area contributed by atoms with Gasteiger partial charge in [-0.2, -0.15) is 11.8 Å². The van der Waals surface area contributed by atoms with Gasteiger partial charge in [-0.05, 0) is 23.6 Å². The van der Waals surface area contributed by atoms with Gasteiger partial charge < -0.3 is 5.11 Å². The summed E-state index contributed by atoms with van der Waals surface area (Å²) in [6.45, 7) is 7.73. The van der Waals surface area contributed by atoms with Gasteiger partial charge in [-0.3, -0.25) is 4.90 Å². The van der Waals surface area contributed by atoms with E-state index in [0.717, 1.165) is 19.6 Å². The summed E-state index contributed by atoms with van der Waals surface area (Å²) in [5.41, 5.74) is 1.55. The molecule has 0 radical (unpaired) electrons. The monoisotopic (exact) mass is 279 g/mol. The first-order valence-electron chi connectivity index (χ1n) is 6.72. The number of hydrogen-bond acceptors (Lipinski definition) is 3. The van der Waals surface area contributed by atoms with Crippen LogP contribution < -0.4 is 0 Å². The van der Waals surface area contributed by atoms with E-state index in [0.29, 0.717) is 16.7 Å². The molecule has 1 N–H and O–H groups in total. The molecule has 1 unspecified atom stereocenters. The van der Waals surface area contributed by atoms with Gasteiger partial charge in [-0.15, -0.1) is 0 Å². The molecule has 1 fully saturated rings. The van der Waals surface area contributed by atoms with E-state index in [4.69, 9.17) is 5.11 Å². The van der Waals surface area contributed by atoms with E-state index in [1.807, 2.05) is 12.1 Å². The molecule has 0 bridgehead atoms. The Balaban J connectivity index is 1.95. The number of carbonyl (C=O) groups is 1. The summed E-state index contributed by atoms with van der Waals surface area (Å²) in [6.07, 6.45) is 0. The number of aromatic carboxylic acids is 1. The van der Waals surface area contributed by atoms with Gasteiger partial charge in [0, 0.05) is 30.6 Å². The third-order valence-corrected chi connectivity index (χ3v) is 5.07. The van der Waals surface area contributed by atoms with Crippen LogP contribution in [-0.2, 0) is 6.54 Å². The maximum absolute atomic E-state index is 10.8. The molecule has 1 heterocycles. The molecule has 2 rings (SSSR count). The maximum Gasteiger partial charge on any atom is 0.335 e. The Morgan fingerprint density at radius 1 is 1.42 bits per heavy atom. The molecule has 0 aliphatic carbocycles. The van der Waals surface area contributed by atoms with Crippen LogP contribution in [0.5, 0.6) is 0 Å². The zero-order valence-electron chi connectivity index (χ0n) is 11.5. The fourth-order valence-corrected chi connectivity index (χ4v) is 3.66. The number of carboxylic acids is 1. The summed E-state index contributed by atoms with van der Waals surface area (Å²) >= 11 is 2.07. The van der Waals surface area contributed by atoms with Crippen LogP contribution >= 0.6 is 11.8 Å². The van der Waals surface area contributed by atoms with Crippen molar-refractivity contribution in [2.45, 2.75) is 25.6 Å². The van der Waals surface area contributed by atoms with Crippen LogP contribution in [0.2, 0.25) is 0 Å². The Morgan fingerprint density at radius 3 is 2.68 bits per heavy atom. The number of nitrogens with zero attached hydrogens (tertiary/aromatic N) is 1. The van der Waals surface area contributed by atoms with Crippen LogP contribution in [0.3, 0.4) is 0 Å². The predicted octanol–water partition coefficient (Wildman–Crippen LogP) is 2.96. The smallest absolute Gasteiger partial charge is 0.335 e. The van der Waals surface area contributed by atoms with Gasteiger partial charge in [-0.1, -0.05) is 26.0 Å². The molecule has 1 aliphatic heterocycles. The number of carboxylic acid groups (broad SMARTS) is 1. The maximum atomic E-state index is 10.8. The van der Waals surface area contributed by atoms with Gasteiger partial charge in [0.15, 0.2) is 0 Å². The zero-order chi connectivity index (χ0) is 13.8. The van der Waals surface area contributed by atoms with E-state index in [1.165, 1.54) is 11.3 Å². The fourth-order valence-electron chi connectivity index (χ4n) is 2.29. The molecule has 0 amide bonds. The number of rotatable bonds is 4. The second-order valence-electron chi connectivity index (χ2n) is 5.39. The summed E-state index contributed by atoms with van der Waals surface area (Å²) in [4.78, 5) is 13.3. The molecule has 0 saturated carbocycles. The quantitative estimate of drug-likeness (QED) is 0.920. The number of thioether (sulfide) groups is 1. The van der Waals surface area contributed by atoms with Gasteiger partial charge >= 0.3 is 5.97 Å². The molecule has 1 atom stereocenters. The van der Waals surface area contributed by atoms with Gasteiger partial charge in [0.25, 0.3) is 0 Å². The SMILES string of the molecule is CC(C)C1CN(Cc2ccc(C(=O)O)cc2)CCS1. The second kappa shape index (κ2) is 6.44. The normalized spacial score (nSPS) is 20.7. The van der Waals surface area contributed by atoms with E-state index in [9.17, 15) is 4.79 Å². The molecule has 3 nitrogen and oxygen atoms in total. The molecular formula is C15H21NO2S. The number of benzene rings is 1. The lowest BCUT2D eigenvalue weighted by Crippen LogP contribution is -2.39. The highest BCUT2D eigenvalue weighted by atomic mass is 32.2.